The van der Waals surface area contributed by atoms with Crippen molar-refractivity contribution in [3.63, 3.8) is 0 Å². The second kappa shape index (κ2) is 13.9. The summed E-state index contributed by atoms with van der Waals surface area (Å²) in [7, 11) is 1.69. The lowest BCUT2D eigenvalue weighted by Crippen LogP contribution is -2.50. The minimum absolute atomic E-state index is 0. The van der Waals surface area contributed by atoms with Crippen LogP contribution in [0.1, 0.15) is 50.7 Å². The minimum atomic E-state index is 0. The summed E-state index contributed by atoms with van der Waals surface area (Å²) in [6, 6.07) is 4.34. The summed E-state index contributed by atoms with van der Waals surface area (Å²) in [5, 5.41) is 9.85. The number of rotatable bonds is 8. The maximum atomic E-state index is 11.6. The molecule has 1 saturated carbocycles. The molecule has 7 nitrogen and oxygen atoms in total. The number of carbonyl (C=O) groups excluding carboxylic acids is 1. The van der Waals surface area contributed by atoms with E-state index in [4.69, 9.17) is 9.41 Å². The molecule has 0 atom stereocenters. The number of nitrogens with zero attached hydrogens (tertiary/aromatic N) is 2. The molecule has 2 fully saturated rings. The van der Waals surface area contributed by atoms with Gasteiger partial charge < -0.3 is 20.4 Å². The van der Waals surface area contributed by atoms with Crippen LogP contribution in [0.15, 0.2) is 27.8 Å². The first-order valence-electron chi connectivity index (χ1n) is 11.2. The van der Waals surface area contributed by atoms with Crippen LogP contribution in [0, 0.1) is 5.92 Å². The summed E-state index contributed by atoms with van der Waals surface area (Å²) in [4.78, 5) is 18.7. The van der Waals surface area contributed by atoms with Gasteiger partial charge in [0.15, 0.2) is 5.96 Å². The minimum Gasteiger partial charge on any atom is -0.469 e. The second-order valence-corrected chi connectivity index (χ2v) is 8.32. The van der Waals surface area contributed by atoms with E-state index in [-0.39, 0.29) is 29.9 Å². The van der Waals surface area contributed by atoms with Gasteiger partial charge in [0, 0.05) is 45.7 Å². The van der Waals surface area contributed by atoms with Gasteiger partial charge in [0.25, 0.3) is 0 Å². The molecule has 2 aliphatic rings. The zero-order valence-corrected chi connectivity index (χ0v) is 20.5. The van der Waals surface area contributed by atoms with E-state index in [1.54, 1.807) is 13.3 Å². The van der Waals surface area contributed by atoms with Crippen molar-refractivity contribution >= 4 is 35.8 Å². The van der Waals surface area contributed by atoms with E-state index in [1.165, 1.54) is 32.1 Å². The maximum Gasteiger partial charge on any atom is 0.233 e. The van der Waals surface area contributed by atoms with Crippen molar-refractivity contribution in [2.75, 3.05) is 39.8 Å². The predicted molar refractivity (Wildman–Crippen MR) is 131 cm³/mol. The van der Waals surface area contributed by atoms with Crippen molar-refractivity contribution in [1.82, 2.24) is 20.9 Å². The number of halogens is 1. The number of guanidine groups is 1. The highest BCUT2D eigenvalue weighted by Gasteiger charge is 2.21. The molecule has 0 radical (unpaired) electrons. The number of nitrogens with one attached hydrogen (secondary N) is 3. The summed E-state index contributed by atoms with van der Waals surface area (Å²) in [6.07, 6.45) is 11.3. The van der Waals surface area contributed by atoms with Gasteiger partial charge in [0.05, 0.1) is 12.8 Å². The Morgan fingerprint density at radius 1 is 1.20 bits per heavy atom. The third-order valence-corrected chi connectivity index (χ3v) is 6.05. The average molecular weight is 531 g/mol. The van der Waals surface area contributed by atoms with Gasteiger partial charge in [-0.15, -0.1) is 24.0 Å². The molecule has 0 unspecified atom stereocenters. The SMILES string of the molecule is CNC(=O)CN1CCC(NC(=NCC2CCCCC2)NCCc2ccco2)CC1.I. The van der Waals surface area contributed by atoms with E-state index in [2.05, 4.69) is 20.9 Å². The van der Waals surface area contributed by atoms with Crippen LogP contribution in [-0.4, -0.2) is 62.6 Å². The molecule has 1 aliphatic carbocycles. The molecule has 1 aromatic rings. The van der Waals surface area contributed by atoms with Crippen molar-refractivity contribution in [2.45, 2.75) is 57.4 Å². The highest BCUT2D eigenvalue weighted by Crippen LogP contribution is 2.23. The predicted octanol–water partition coefficient (Wildman–Crippen LogP) is 2.77. The molecule has 8 heteroatoms. The molecular formula is C22H38IN5O2. The number of carbonyl (C=O) groups is 1. The number of hydrogen-bond donors (Lipinski definition) is 3. The molecule has 170 valence electrons. The number of likely N-dealkylation sites (tertiary alicyclic amines) is 1. The normalized spacial score (nSPS) is 19.2. The van der Waals surface area contributed by atoms with E-state index in [0.29, 0.717) is 12.6 Å². The van der Waals surface area contributed by atoms with Crippen molar-refractivity contribution in [1.29, 1.82) is 0 Å². The number of aliphatic imine (C=N–C) groups is 1. The lowest BCUT2D eigenvalue weighted by molar-refractivity contribution is -0.122. The van der Waals surface area contributed by atoms with Gasteiger partial charge in [-0.2, -0.15) is 0 Å². The van der Waals surface area contributed by atoms with E-state index >= 15 is 0 Å². The summed E-state index contributed by atoms with van der Waals surface area (Å²) in [5.74, 6) is 2.73. The van der Waals surface area contributed by atoms with E-state index < -0.39 is 0 Å². The topological polar surface area (TPSA) is 81.9 Å². The third kappa shape index (κ3) is 8.83. The number of hydrogen-bond acceptors (Lipinski definition) is 4. The Balaban J connectivity index is 0.00000320. The Bertz CT molecular complexity index is 623. The molecule has 1 aliphatic heterocycles. The molecule has 1 aromatic heterocycles. The number of amides is 1. The lowest BCUT2D eigenvalue weighted by atomic mass is 9.89. The fourth-order valence-electron chi connectivity index (χ4n) is 4.21. The maximum absolute atomic E-state index is 11.6. The van der Waals surface area contributed by atoms with Crippen LogP contribution in [0.25, 0.3) is 0 Å². The Morgan fingerprint density at radius 2 is 1.97 bits per heavy atom. The first-order chi connectivity index (χ1) is 14.2. The van der Waals surface area contributed by atoms with E-state index in [9.17, 15) is 4.79 Å². The Labute approximate surface area is 197 Å². The molecule has 3 N–H and O–H groups in total. The fourth-order valence-corrected chi connectivity index (χ4v) is 4.21. The highest BCUT2D eigenvalue weighted by molar-refractivity contribution is 14.0. The number of likely N-dealkylation sites (N-methyl/N-ethyl adjacent to an activating group) is 1. The molecule has 0 spiro atoms. The third-order valence-electron chi connectivity index (χ3n) is 6.05. The van der Waals surface area contributed by atoms with Gasteiger partial charge in [-0.3, -0.25) is 14.7 Å². The molecular weight excluding hydrogens is 493 g/mol. The van der Waals surface area contributed by atoms with Crippen LogP contribution in [-0.2, 0) is 11.2 Å². The molecule has 0 aromatic carbocycles. The van der Waals surface area contributed by atoms with Crippen molar-refractivity contribution in [3.05, 3.63) is 24.2 Å². The Hall–Kier alpha value is -1.29. The fraction of sp³-hybridized carbons (Fsp3) is 0.727. The van der Waals surface area contributed by atoms with Crippen molar-refractivity contribution < 1.29 is 9.21 Å². The second-order valence-electron chi connectivity index (χ2n) is 8.32. The standard InChI is InChI=1S/C22H37N5O2.HI/c1-23-21(28)17-27-13-10-19(11-14-27)26-22(24-12-9-20-8-5-15-29-20)25-16-18-6-3-2-4-7-18;/h5,8,15,18-19H,2-4,6-7,9-14,16-17H2,1H3,(H,23,28)(H2,24,25,26);1H. The summed E-state index contributed by atoms with van der Waals surface area (Å²) < 4.78 is 5.43. The van der Waals surface area contributed by atoms with E-state index in [0.717, 1.165) is 63.1 Å². The van der Waals surface area contributed by atoms with Gasteiger partial charge in [0.2, 0.25) is 5.91 Å². The largest absolute Gasteiger partial charge is 0.469 e. The molecule has 2 heterocycles. The van der Waals surface area contributed by atoms with Gasteiger partial charge in [0.1, 0.15) is 5.76 Å². The smallest absolute Gasteiger partial charge is 0.233 e. The first-order valence-corrected chi connectivity index (χ1v) is 11.2. The summed E-state index contributed by atoms with van der Waals surface area (Å²) in [5.41, 5.74) is 0. The molecule has 0 bridgehead atoms. The van der Waals surface area contributed by atoms with Crippen LogP contribution in [0.3, 0.4) is 0 Å². The molecule has 3 rings (SSSR count). The summed E-state index contributed by atoms with van der Waals surface area (Å²) in [6.45, 7) is 4.08. The highest BCUT2D eigenvalue weighted by atomic mass is 127. The van der Waals surface area contributed by atoms with Crippen molar-refractivity contribution in [2.24, 2.45) is 10.9 Å². The monoisotopic (exact) mass is 531 g/mol. The first kappa shape index (κ1) is 25.0. The number of furan rings is 1. The van der Waals surface area contributed by atoms with Crippen LogP contribution in [0.4, 0.5) is 0 Å². The zero-order chi connectivity index (χ0) is 20.3. The Kier molecular flexibility index (Phi) is 11.6. The van der Waals surface area contributed by atoms with Gasteiger partial charge in [-0.25, -0.2) is 0 Å². The zero-order valence-electron chi connectivity index (χ0n) is 18.2. The van der Waals surface area contributed by atoms with Gasteiger partial charge in [-0.1, -0.05) is 19.3 Å². The van der Waals surface area contributed by atoms with E-state index in [1.807, 2.05) is 12.1 Å². The molecule has 1 saturated heterocycles. The Morgan fingerprint density at radius 3 is 2.63 bits per heavy atom. The number of piperidine rings is 1. The van der Waals surface area contributed by atoms with Gasteiger partial charge in [-0.05, 0) is 43.7 Å². The molecule has 30 heavy (non-hydrogen) atoms. The van der Waals surface area contributed by atoms with Gasteiger partial charge >= 0.3 is 0 Å². The summed E-state index contributed by atoms with van der Waals surface area (Å²) >= 11 is 0. The van der Waals surface area contributed by atoms with Crippen molar-refractivity contribution in [3.8, 4) is 0 Å². The average Bonchev–Trinajstić information content (AvgIpc) is 3.27. The van der Waals surface area contributed by atoms with Crippen LogP contribution in [0.2, 0.25) is 0 Å². The lowest BCUT2D eigenvalue weighted by Gasteiger charge is -2.32. The van der Waals surface area contributed by atoms with Crippen LogP contribution >= 0.6 is 24.0 Å². The van der Waals surface area contributed by atoms with Crippen LogP contribution < -0.4 is 16.0 Å². The van der Waals surface area contributed by atoms with Crippen LogP contribution in [0.5, 0.6) is 0 Å². The quantitative estimate of drug-likeness (QED) is 0.273. The molecule has 1 amide bonds.